The van der Waals surface area contributed by atoms with Crippen LogP contribution < -0.4 is 0 Å². The van der Waals surface area contributed by atoms with E-state index in [9.17, 15) is 14.4 Å². The van der Waals surface area contributed by atoms with Crippen molar-refractivity contribution in [3.63, 3.8) is 0 Å². The highest BCUT2D eigenvalue weighted by Gasteiger charge is 2.22. The smallest absolute Gasteiger partial charge is 0.323 e. The molecule has 0 aromatic heterocycles. The molecule has 0 saturated carbocycles. The highest BCUT2D eigenvalue weighted by Crippen LogP contribution is 2.11. The van der Waals surface area contributed by atoms with Crippen molar-refractivity contribution in [2.75, 3.05) is 6.54 Å². The highest BCUT2D eigenvalue weighted by atomic mass is 16.4. The molecule has 1 aromatic carbocycles. The quantitative estimate of drug-likeness (QED) is 0.749. The van der Waals surface area contributed by atoms with Gasteiger partial charge < -0.3 is 10.0 Å². The van der Waals surface area contributed by atoms with Crippen LogP contribution in [-0.4, -0.2) is 40.3 Å². The molecule has 0 spiro atoms. The Morgan fingerprint density at radius 3 is 2.23 bits per heavy atom. The molecule has 0 heterocycles. The molecule has 5 nitrogen and oxygen atoms in total. The van der Waals surface area contributed by atoms with Gasteiger partial charge in [-0.25, -0.2) is 0 Å². The Hall–Kier alpha value is -2.17. The third-order valence-electron chi connectivity index (χ3n) is 3.69. The van der Waals surface area contributed by atoms with E-state index in [2.05, 4.69) is 0 Å². The number of Topliss-reactive ketones (excluding diaryl/α,β-unsaturated/α-hetero) is 1. The molecule has 0 aliphatic heterocycles. The zero-order valence-electron chi connectivity index (χ0n) is 13.3. The number of carbonyl (C=O) groups excluding carboxylic acids is 2. The molecule has 0 fully saturated rings. The summed E-state index contributed by atoms with van der Waals surface area (Å²) in [5.41, 5.74) is 1.64. The first-order chi connectivity index (χ1) is 10.3. The van der Waals surface area contributed by atoms with Crippen molar-refractivity contribution in [1.82, 2.24) is 4.90 Å². The first-order valence-corrected chi connectivity index (χ1v) is 7.46. The number of carboxylic acids is 1. The number of nitrogens with zero attached hydrogens (tertiary/aromatic N) is 1. The molecule has 0 bridgehead atoms. The second kappa shape index (κ2) is 8.32. The summed E-state index contributed by atoms with van der Waals surface area (Å²) in [6.07, 6.45) is 0.795. The Bertz CT molecular complexity index is 536. The maximum Gasteiger partial charge on any atom is 0.323 e. The van der Waals surface area contributed by atoms with Gasteiger partial charge in [0.05, 0.1) is 0 Å². The van der Waals surface area contributed by atoms with Crippen molar-refractivity contribution in [3.8, 4) is 0 Å². The molecule has 1 aromatic rings. The van der Waals surface area contributed by atoms with Crippen molar-refractivity contribution in [3.05, 3.63) is 35.4 Å². The van der Waals surface area contributed by atoms with Gasteiger partial charge in [-0.3, -0.25) is 14.4 Å². The number of hydrogen-bond donors (Lipinski definition) is 1. The average Bonchev–Trinajstić information content (AvgIpc) is 2.49. The minimum atomic E-state index is -1.04. The minimum Gasteiger partial charge on any atom is -0.480 e. The molecule has 0 aliphatic rings. The van der Waals surface area contributed by atoms with Crippen LogP contribution in [0.25, 0.3) is 0 Å². The third-order valence-corrected chi connectivity index (χ3v) is 3.69. The fourth-order valence-corrected chi connectivity index (χ4v) is 2.10. The van der Waals surface area contributed by atoms with E-state index >= 15 is 0 Å². The second-order valence-electron chi connectivity index (χ2n) is 5.46. The molecule has 120 valence electrons. The lowest BCUT2D eigenvalue weighted by Gasteiger charge is -2.26. The summed E-state index contributed by atoms with van der Waals surface area (Å²) in [5.74, 6) is -1.44. The summed E-state index contributed by atoms with van der Waals surface area (Å²) >= 11 is 0. The van der Waals surface area contributed by atoms with Crippen molar-refractivity contribution >= 4 is 17.7 Å². The number of hydrogen-bond acceptors (Lipinski definition) is 3. The lowest BCUT2D eigenvalue weighted by atomic mass is 10.0. The molecular formula is C17H23NO4. The predicted molar refractivity (Wildman–Crippen MR) is 83.8 cm³/mol. The van der Waals surface area contributed by atoms with Crippen LogP contribution >= 0.6 is 0 Å². The van der Waals surface area contributed by atoms with Gasteiger partial charge in [-0.1, -0.05) is 36.8 Å². The highest BCUT2D eigenvalue weighted by molar-refractivity contribution is 5.98. The normalized spacial score (nSPS) is 11.8. The Kier molecular flexibility index (Phi) is 6.76. The monoisotopic (exact) mass is 305 g/mol. The van der Waals surface area contributed by atoms with E-state index in [0.29, 0.717) is 12.0 Å². The van der Waals surface area contributed by atoms with Gasteiger partial charge >= 0.3 is 5.97 Å². The lowest BCUT2D eigenvalue weighted by Crippen LogP contribution is -2.41. The van der Waals surface area contributed by atoms with Gasteiger partial charge in [0, 0.05) is 24.4 Å². The van der Waals surface area contributed by atoms with E-state index in [1.54, 1.807) is 12.1 Å². The standard InChI is InChI=1S/C17H23NO4/c1-4-13(3)18(11-17(21)22)16(20)10-9-15(19)14-7-5-12(2)6-8-14/h5-8,13H,4,9-11H2,1-3H3,(H,21,22). The third kappa shape index (κ3) is 5.31. The topological polar surface area (TPSA) is 74.7 Å². The van der Waals surface area contributed by atoms with Crippen LogP contribution in [0.2, 0.25) is 0 Å². The molecule has 1 unspecified atom stereocenters. The second-order valence-corrected chi connectivity index (χ2v) is 5.46. The number of carboxylic acid groups (broad SMARTS) is 1. The van der Waals surface area contributed by atoms with Crippen LogP contribution in [0.1, 0.15) is 49.0 Å². The number of aliphatic carboxylic acids is 1. The molecule has 5 heteroatoms. The fraction of sp³-hybridized carbons (Fsp3) is 0.471. The number of rotatable bonds is 8. The van der Waals surface area contributed by atoms with E-state index in [1.807, 2.05) is 32.9 Å². The Balaban J connectivity index is 2.63. The van der Waals surface area contributed by atoms with E-state index in [-0.39, 0.29) is 37.1 Å². The summed E-state index contributed by atoms with van der Waals surface area (Å²) < 4.78 is 0. The molecule has 1 rings (SSSR count). The maximum absolute atomic E-state index is 12.2. The zero-order chi connectivity index (χ0) is 16.7. The molecule has 1 N–H and O–H groups in total. The number of benzene rings is 1. The van der Waals surface area contributed by atoms with Crippen LogP contribution in [0.5, 0.6) is 0 Å². The van der Waals surface area contributed by atoms with Gasteiger partial charge in [-0.05, 0) is 20.3 Å². The molecule has 1 atom stereocenters. The van der Waals surface area contributed by atoms with Crippen LogP contribution in [0.3, 0.4) is 0 Å². The minimum absolute atomic E-state index is 0.0321. The van der Waals surface area contributed by atoms with E-state index < -0.39 is 5.97 Å². The van der Waals surface area contributed by atoms with Crippen molar-refractivity contribution < 1.29 is 19.5 Å². The molecular weight excluding hydrogens is 282 g/mol. The predicted octanol–water partition coefficient (Wildman–Crippen LogP) is 2.67. The van der Waals surface area contributed by atoms with E-state index in [1.165, 1.54) is 4.90 Å². The summed E-state index contributed by atoms with van der Waals surface area (Å²) in [5, 5.41) is 8.90. The van der Waals surface area contributed by atoms with Gasteiger partial charge in [-0.15, -0.1) is 0 Å². The first kappa shape index (κ1) is 17.9. The Morgan fingerprint density at radius 1 is 1.14 bits per heavy atom. The summed E-state index contributed by atoms with van der Waals surface area (Å²) in [6.45, 7) is 5.31. The van der Waals surface area contributed by atoms with Crippen LogP contribution in [0.15, 0.2) is 24.3 Å². The molecule has 0 aliphatic carbocycles. The van der Waals surface area contributed by atoms with Crippen molar-refractivity contribution in [2.24, 2.45) is 0 Å². The van der Waals surface area contributed by atoms with Gasteiger partial charge in [0.2, 0.25) is 5.91 Å². The lowest BCUT2D eigenvalue weighted by molar-refractivity contribution is -0.146. The van der Waals surface area contributed by atoms with Crippen molar-refractivity contribution in [2.45, 2.75) is 46.1 Å². The zero-order valence-corrected chi connectivity index (χ0v) is 13.3. The molecule has 1 amide bonds. The fourth-order valence-electron chi connectivity index (χ4n) is 2.10. The summed E-state index contributed by atoms with van der Waals surface area (Å²) in [7, 11) is 0. The SMILES string of the molecule is CCC(C)N(CC(=O)O)C(=O)CCC(=O)c1ccc(C)cc1. The summed E-state index contributed by atoms with van der Waals surface area (Å²) in [6, 6.07) is 7.03. The van der Waals surface area contributed by atoms with E-state index in [0.717, 1.165) is 5.56 Å². The van der Waals surface area contributed by atoms with Crippen molar-refractivity contribution in [1.29, 1.82) is 0 Å². The number of carbonyl (C=O) groups is 3. The number of aryl methyl sites for hydroxylation is 1. The molecule has 0 saturated heterocycles. The van der Waals surface area contributed by atoms with E-state index in [4.69, 9.17) is 5.11 Å². The van der Waals surface area contributed by atoms with Gasteiger partial charge in [0.25, 0.3) is 0 Å². The Labute approximate surface area is 130 Å². The van der Waals surface area contributed by atoms with Gasteiger partial charge in [0.15, 0.2) is 5.78 Å². The number of ketones is 1. The summed E-state index contributed by atoms with van der Waals surface area (Å²) in [4.78, 5) is 36.4. The van der Waals surface area contributed by atoms with Crippen LogP contribution in [0, 0.1) is 6.92 Å². The maximum atomic E-state index is 12.2. The molecule has 0 radical (unpaired) electrons. The number of amides is 1. The largest absolute Gasteiger partial charge is 0.480 e. The van der Waals surface area contributed by atoms with Gasteiger partial charge in [0.1, 0.15) is 6.54 Å². The van der Waals surface area contributed by atoms with Crippen LogP contribution in [0.4, 0.5) is 0 Å². The van der Waals surface area contributed by atoms with Crippen LogP contribution in [-0.2, 0) is 9.59 Å². The molecule has 22 heavy (non-hydrogen) atoms. The van der Waals surface area contributed by atoms with Gasteiger partial charge in [-0.2, -0.15) is 0 Å². The first-order valence-electron chi connectivity index (χ1n) is 7.46. The Morgan fingerprint density at radius 2 is 1.73 bits per heavy atom. The average molecular weight is 305 g/mol.